The van der Waals surface area contributed by atoms with Gasteiger partial charge in [0, 0.05) is 47.7 Å². The van der Waals surface area contributed by atoms with Gasteiger partial charge in [0.05, 0.1) is 16.5 Å². The van der Waals surface area contributed by atoms with Crippen LogP contribution in [0.1, 0.15) is 11.1 Å². The summed E-state index contributed by atoms with van der Waals surface area (Å²) < 4.78 is 0.961. The van der Waals surface area contributed by atoms with Crippen LogP contribution in [-0.2, 0) is 13.1 Å². The van der Waals surface area contributed by atoms with Crippen molar-refractivity contribution < 1.29 is 9.85 Å². The molecular weight excluding hydrogens is 460 g/mol. The zero-order valence-electron chi connectivity index (χ0n) is 12.6. The third kappa shape index (κ3) is 2.39. The molecule has 0 aromatic heterocycles. The Balaban J connectivity index is 1.84. The first-order valence-corrected chi connectivity index (χ1v) is 8.88. The zero-order chi connectivity index (χ0) is 17.9. The van der Waals surface area contributed by atoms with Crippen LogP contribution in [0.15, 0.2) is 33.2 Å². The van der Waals surface area contributed by atoms with Gasteiger partial charge in [-0.3, -0.25) is 20.2 Å². The van der Waals surface area contributed by atoms with Crippen molar-refractivity contribution in [3.8, 4) is 0 Å². The second kappa shape index (κ2) is 5.67. The van der Waals surface area contributed by atoms with E-state index < -0.39 is 9.85 Å². The topological polar surface area (TPSA) is 92.8 Å². The number of nitro benzene ring substituents is 2. The van der Waals surface area contributed by atoms with Crippen LogP contribution in [0.4, 0.5) is 22.7 Å². The lowest BCUT2D eigenvalue weighted by Gasteiger charge is -2.45. The summed E-state index contributed by atoms with van der Waals surface area (Å²) in [6, 6.07) is 6.45. The van der Waals surface area contributed by atoms with E-state index in [0.717, 1.165) is 22.5 Å². The average molecular weight is 470 g/mol. The van der Waals surface area contributed by atoms with Crippen LogP contribution in [0.3, 0.4) is 0 Å². The highest BCUT2D eigenvalue weighted by atomic mass is 79.9. The molecule has 4 rings (SSSR count). The maximum Gasteiger partial charge on any atom is 0.284 e. The molecule has 10 heteroatoms. The number of rotatable bonds is 2. The van der Waals surface area contributed by atoms with Gasteiger partial charge in [-0.2, -0.15) is 0 Å². The number of halogens is 2. The van der Waals surface area contributed by atoms with E-state index in [4.69, 9.17) is 0 Å². The molecule has 25 heavy (non-hydrogen) atoms. The van der Waals surface area contributed by atoms with E-state index in [0.29, 0.717) is 28.7 Å². The van der Waals surface area contributed by atoms with Crippen molar-refractivity contribution >= 4 is 54.6 Å². The molecule has 0 unspecified atom stereocenters. The van der Waals surface area contributed by atoms with E-state index in [-0.39, 0.29) is 11.4 Å². The molecule has 0 amide bonds. The molecule has 2 heterocycles. The van der Waals surface area contributed by atoms with Crippen molar-refractivity contribution in [2.24, 2.45) is 0 Å². The van der Waals surface area contributed by atoms with E-state index in [9.17, 15) is 20.2 Å². The van der Waals surface area contributed by atoms with E-state index in [1.54, 1.807) is 12.1 Å². The van der Waals surface area contributed by atoms with Crippen molar-refractivity contribution in [3.63, 3.8) is 0 Å². The number of hydrogen-bond acceptors (Lipinski definition) is 6. The Hall–Kier alpha value is -2.20. The third-order valence-corrected chi connectivity index (χ3v) is 6.28. The second-order valence-electron chi connectivity index (χ2n) is 5.84. The van der Waals surface area contributed by atoms with Crippen LogP contribution in [0, 0.1) is 20.2 Å². The summed E-state index contributed by atoms with van der Waals surface area (Å²) in [7, 11) is 0. The molecule has 0 atom stereocenters. The SMILES string of the molecule is O=[N+]([O-])c1ccc2c(c1Br)CN1CN2Cc2c1ccc([N+](=O)[O-])c2Br. The Morgan fingerprint density at radius 3 is 1.56 bits per heavy atom. The van der Waals surface area contributed by atoms with Gasteiger partial charge in [0.25, 0.3) is 11.4 Å². The largest absolute Gasteiger partial charge is 0.349 e. The summed E-state index contributed by atoms with van der Waals surface area (Å²) in [5, 5.41) is 22.4. The summed E-state index contributed by atoms with van der Waals surface area (Å²) in [6.07, 6.45) is 0. The molecule has 0 spiro atoms. The lowest BCUT2D eigenvalue weighted by Crippen LogP contribution is -2.46. The number of benzene rings is 2. The van der Waals surface area contributed by atoms with Gasteiger partial charge in [-0.15, -0.1) is 0 Å². The van der Waals surface area contributed by atoms with E-state index in [2.05, 4.69) is 41.7 Å². The highest BCUT2D eigenvalue weighted by Gasteiger charge is 2.35. The van der Waals surface area contributed by atoms with E-state index in [1.807, 2.05) is 0 Å². The fourth-order valence-corrected chi connectivity index (χ4v) is 4.59. The summed E-state index contributed by atoms with van der Waals surface area (Å²) in [5.41, 5.74) is 3.56. The van der Waals surface area contributed by atoms with Crippen LogP contribution in [0.25, 0.3) is 0 Å². The molecule has 128 valence electrons. The number of nitrogens with zero attached hydrogens (tertiary/aromatic N) is 4. The number of hydrogen-bond donors (Lipinski definition) is 0. The summed E-state index contributed by atoms with van der Waals surface area (Å²) >= 11 is 6.73. The van der Waals surface area contributed by atoms with Gasteiger partial charge in [0.15, 0.2) is 0 Å². The van der Waals surface area contributed by atoms with Gasteiger partial charge in [0.2, 0.25) is 0 Å². The first-order chi connectivity index (χ1) is 11.9. The zero-order valence-corrected chi connectivity index (χ0v) is 15.8. The summed E-state index contributed by atoms with van der Waals surface area (Å²) in [5.74, 6) is 0. The fourth-order valence-electron chi connectivity index (χ4n) is 3.38. The molecule has 2 aliphatic heterocycles. The van der Waals surface area contributed by atoms with Crippen molar-refractivity contribution in [2.75, 3.05) is 16.5 Å². The average Bonchev–Trinajstić information content (AvgIpc) is 2.56. The molecule has 2 aromatic rings. The number of nitro groups is 2. The minimum absolute atomic E-state index is 0.0335. The first kappa shape index (κ1) is 16.3. The molecule has 0 saturated heterocycles. The molecule has 0 aliphatic carbocycles. The summed E-state index contributed by atoms with van der Waals surface area (Å²) in [6.45, 7) is 1.62. The predicted molar refractivity (Wildman–Crippen MR) is 98.8 cm³/mol. The molecule has 8 nitrogen and oxygen atoms in total. The van der Waals surface area contributed by atoms with Crippen molar-refractivity contribution in [1.82, 2.24) is 0 Å². The Kier molecular flexibility index (Phi) is 3.69. The highest BCUT2D eigenvalue weighted by molar-refractivity contribution is 9.11. The van der Waals surface area contributed by atoms with Crippen LogP contribution < -0.4 is 9.80 Å². The summed E-state index contributed by atoms with van der Waals surface area (Å²) in [4.78, 5) is 25.7. The quantitative estimate of drug-likeness (QED) is 0.480. The molecular formula is C15H10Br2N4O4. The number of fused-ring (bicyclic) bond motifs is 6. The minimum atomic E-state index is -0.409. The van der Waals surface area contributed by atoms with Crippen LogP contribution in [-0.4, -0.2) is 16.5 Å². The van der Waals surface area contributed by atoms with Gasteiger partial charge < -0.3 is 9.80 Å². The second-order valence-corrected chi connectivity index (χ2v) is 7.43. The van der Waals surface area contributed by atoms with Crippen molar-refractivity contribution in [3.05, 3.63) is 64.6 Å². The Bertz CT molecular complexity index is 874. The normalized spacial score (nSPS) is 14.8. The molecule has 2 bridgehead atoms. The maximum absolute atomic E-state index is 11.2. The van der Waals surface area contributed by atoms with Gasteiger partial charge in [-0.05, 0) is 44.0 Å². The van der Waals surface area contributed by atoms with Gasteiger partial charge in [-0.1, -0.05) is 0 Å². The van der Waals surface area contributed by atoms with Crippen molar-refractivity contribution in [2.45, 2.75) is 13.1 Å². The standard InChI is InChI=1S/C15H10Br2N4O4/c16-14-8-5-19-7-18(10(8)1-3-12(14)20(22)23)6-9-11(19)2-4-13(15(9)17)21(24)25/h1-4H,5-7H2. The Morgan fingerprint density at radius 1 is 0.800 bits per heavy atom. The van der Waals surface area contributed by atoms with Gasteiger partial charge in [-0.25, -0.2) is 0 Å². The Labute approximate surface area is 158 Å². The lowest BCUT2D eigenvalue weighted by molar-refractivity contribution is -0.385. The van der Waals surface area contributed by atoms with E-state index in [1.165, 1.54) is 12.1 Å². The fraction of sp³-hybridized carbons (Fsp3) is 0.200. The molecule has 0 radical (unpaired) electrons. The number of anilines is 2. The van der Waals surface area contributed by atoms with Gasteiger partial charge >= 0.3 is 0 Å². The maximum atomic E-state index is 11.2. The lowest BCUT2D eigenvalue weighted by atomic mass is 10.0. The van der Waals surface area contributed by atoms with Crippen LogP contribution in [0.5, 0.6) is 0 Å². The molecule has 2 aliphatic rings. The monoisotopic (exact) mass is 468 g/mol. The first-order valence-electron chi connectivity index (χ1n) is 7.30. The molecule has 0 N–H and O–H groups in total. The third-order valence-electron chi connectivity index (χ3n) is 4.51. The highest BCUT2D eigenvalue weighted by Crippen LogP contribution is 2.46. The minimum Gasteiger partial charge on any atom is -0.349 e. The molecule has 2 aromatic carbocycles. The van der Waals surface area contributed by atoms with Gasteiger partial charge in [0.1, 0.15) is 8.95 Å². The molecule has 0 saturated carbocycles. The van der Waals surface area contributed by atoms with Crippen LogP contribution >= 0.6 is 31.9 Å². The Morgan fingerprint density at radius 2 is 1.20 bits per heavy atom. The molecule has 0 fully saturated rings. The van der Waals surface area contributed by atoms with Crippen LogP contribution in [0.2, 0.25) is 0 Å². The van der Waals surface area contributed by atoms with Crippen molar-refractivity contribution in [1.29, 1.82) is 0 Å². The van der Waals surface area contributed by atoms with E-state index >= 15 is 0 Å². The smallest absolute Gasteiger partial charge is 0.284 e. The predicted octanol–water partition coefficient (Wildman–Crippen LogP) is 4.33.